The number of likely N-dealkylation sites (tertiary alicyclic amines) is 1. The normalized spacial score (nSPS) is 44.7. The minimum Gasteiger partial charge on any atom is -0.461 e. The van der Waals surface area contributed by atoms with E-state index >= 15 is 0 Å². The molecule has 27 heavy (non-hydrogen) atoms. The Morgan fingerprint density at radius 3 is 2.74 bits per heavy atom. The highest BCUT2D eigenvalue weighted by molar-refractivity contribution is 5.76. The van der Waals surface area contributed by atoms with Gasteiger partial charge in [0.25, 0.3) is 0 Å². The predicted molar refractivity (Wildman–Crippen MR) is 109 cm³/mol. The molecule has 0 aromatic heterocycles. The summed E-state index contributed by atoms with van der Waals surface area (Å²) in [6.07, 6.45) is 10.0. The van der Waals surface area contributed by atoms with Crippen molar-refractivity contribution in [2.45, 2.75) is 79.2 Å². The molecule has 152 valence electrons. The molecule has 3 heteroatoms. The van der Waals surface area contributed by atoms with Crippen molar-refractivity contribution in [1.29, 1.82) is 0 Å². The molecule has 6 atom stereocenters. The second-order valence-corrected chi connectivity index (χ2v) is 11.3. The maximum absolute atomic E-state index is 12.8. The van der Waals surface area contributed by atoms with Gasteiger partial charge in [-0.05, 0) is 61.3 Å². The lowest BCUT2D eigenvalue weighted by molar-refractivity contribution is -0.145. The first-order chi connectivity index (χ1) is 12.7. The van der Waals surface area contributed by atoms with E-state index in [4.69, 9.17) is 4.74 Å². The number of carbonyl (C=O) groups excluding carboxylic acids is 1. The molecule has 2 saturated heterocycles. The molecular weight excluding hydrogens is 334 g/mol. The van der Waals surface area contributed by atoms with Crippen molar-refractivity contribution in [2.24, 2.45) is 34.5 Å². The molecule has 0 amide bonds. The maximum atomic E-state index is 12.8. The topological polar surface area (TPSA) is 29.5 Å². The van der Waals surface area contributed by atoms with Crippen molar-refractivity contribution in [1.82, 2.24) is 4.90 Å². The number of hydrogen-bond acceptors (Lipinski definition) is 3. The Hall–Kier alpha value is -0.830. The lowest BCUT2D eigenvalue weighted by Gasteiger charge is -2.46. The van der Waals surface area contributed by atoms with E-state index in [1.807, 2.05) is 0 Å². The average Bonchev–Trinajstić information content (AvgIpc) is 2.76. The van der Waals surface area contributed by atoms with E-state index in [0.717, 1.165) is 32.0 Å². The van der Waals surface area contributed by atoms with Gasteiger partial charge in [0.15, 0.2) is 0 Å². The van der Waals surface area contributed by atoms with Gasteiger partial charge in [-0.1, -0.05) is 52.7 Å². The third-order valence-corrected chi connectivity index (χ3v) is 8.03. The zero-order chi connectivity index (χ0) is 19.4. The van der Waals surface area contributed by atoms with Crippen LogP contribution in [0.3, 0.4) is 0 Å². The highest BCUT2D eigenvalue weighted by Crippen LogP contribution is 2.54. The van der Waals surface area contributed by atoms with Crippen LogP contribution < -0.4 is 0 Å². The number of hydrogen-bond donors (Lipinski definition) is 0. The molecule has 2 aliphatic carbocycles. The van der Waals surface area contributed by atoms with Gasteiger partial charge in [-0.15, -0.1) is 0 Å². The lowest BCUT2D eigenvalue weighted by atomic mass is 9.59. The van der Waals surface area contributed by atoms with E-state index in [1.165, 1.54) is 32.1 Å². The van der Waals surface area contributed by atoms with Gasteiger partial charge in [-0.25, -0.2) is 0 Å². The SMILES string of the molecule is CC1CCN(CC2C(=O)O[C@@H]3C[C@@]4(C)CCC[C@H](C)C4=C[C@H]23)CC(C)(C)C1. The van der Waals surface area contributed by atoms with Crippen LogP contribution in [-0.4, -0.2) is 36.6 Å². The van der Waals surface area contributed by atoms with E-state index in [0.29, 0.717) is 17.3 Å². The van der Waals surface area contributed by atoms with Crippen molar-refractivity contribution < 1.29 is 9.53 Å². The van der Waals surface area contributed by atoms with Crippen molar-refractivity contribution in [3.63, 3.8) is 0 Å². The van der Waals surface area contributed by atoms with Crippen LogP contribution in [0.1, 0.15) is 73.1 Å². The van der Waals surface area contributed by atoms with Crippen molar-refractivity contribution in [2.75, 3.05) is 19.6 Å². The Balaban J connectivity index is 1.54. The molecule has 0 radical (unpaired) electrons. The Bertz CT molecular complexity index is 624. The fourth-order valence-corrected chi connectivity index (χ4v) is 6.89. The van der Waals surface area contributed by atoms with Crippen LogP contribution in [0.4, 0.5) is 0 Å². The van der Waals surface area contributed by atoms with E-state index in [-0.39, 0.29) is 23.4 Å². The van der Waals surface area contributed by atoms with Gasteiger partial charge in [0.2, 0.25) is 0 Å². The van der Waals surface area contributed by atoms with Gasteiger partial charge in [-0.3, -0.25) is 4.79 Å². The molecule has 0 aromatic carbocycles. The van der Waals surface area contributed by atoms with Crippen LogP contribution in [0, 0.1) is 34.5 Å². The quantitative estimate of drug-likeness (QED) is 0.500. The molecule has 1 saturated carbocycles. The molecule has 0 bridgehead atoms. The average molecular weight is 374 g/mol. The second kappa shape index (κ2) is 6.90. The monoisotopic (exact) mass is 373 g/mol. The van der Waals surface area contributed by atoms with Crippen LogP contribution >= 0.6 is 0 Å². The van der Waals surface area contributed by atoms with E-state index < -0.39 is 0 Å². The van der Waals surface area contributed by atoms with Crippen LogP contribution in [0.15, 0.2) is 11.6 Å². The molecule has 2 aliphatic heterocycles. The standard InChI is InChI=1S/C24H39NO2/c1-16-8-10-25(15-23(3,4)12-16)14-19-18-11-20-17(2)7-6-9-24(20,5)13-21(18)27-22(19)26/h11,16-19,21H,6-10,12-15H2,1-5H3/t16?,17-,18+,19?,21+,24+/m0/s1. The molecule has 4 rings (SSSR count). The first kappa shape index (κ1) is 19.5. The van der Waals surface area contributed by atoms with Gasteiger partial charge in [0.1, 0.15) is 6.10 Å². The number of esters is 1. The number of carbonyl (C=O) groups is 1. The van der Waals surface area contributed by atoms with E-state index in [2.05, 4.69) is 45.6 Å². The smallest absolute Gasteiger partial charge is 0.311 e. The fourth-order valence-electron chi connectivity index (χ4n) is 6.89. The Kier molecular flexibility index (Phi) is 4.98. The Labute approximate surface area is 165 Å². The minimum absolute atomic E-state index is 0.0328. The van der Waals surface area contributed by atoms with Crippen LogP contribution in [0.5, 0.6) is 0 Å². The van der Waals surface area contributed by atoms with Crippen molar-refractivity contribution >= 4 is 5.97 Å². The zero-order valence-corrected chi connectivity index (χ0v) is 18.1. The van der Waals surface area contributed by atoms with Gasteiger partial charge in [0.05, 0.1) is 5.92 Å². The summed E-state index contributed by atoms with van der Waals surface area (Å²) in [7, 11) is 0. The summed E-state index contributed by atoms with van der Waals surface area (Å²) < 4.78 is 5.96. The van der Waals surface area contributed by atoms with Gasteiger partial charge >= 0.3 is 5.97 Å². The number of fused-ring (bicyclic) bond motifs is 2. The number of nitrogens with zero attached hydrogens (tertiary/aromatic N) is 1. The number of ether oxygens (including phenoxy) is 1. The van der Waals surface area contributed by atoms with Crippen molar-refractivity contribution in [3.8, 4) is 0 Å². The Morgan fingerprint density at radius 1 is 1.19 bits per heavy atom. The van der Waals surface area contributed by atoms with Crippen molar-refractivity contribution in [3.05, 3.63) is 11.6 Å². The summed E-state index contributed by atoms with van der Waals surface area (Å²) in [6, 6.07) is 0. The van der Waals surface area contributed by atoms with Crippen LogP contribution in [0.25, 0.3) is 0 Å². The molecule has 2 unspecified atom stereocenters. The third-order valence-electron chi connectivity index (χ3n) is 8.03. The fraction of sp³-hybridized carbons (Fsp3) is 0.875. The number of rotatable bonds is 2. The van der Waals surface area contributed by atoms with E-state index in [1.54, 1.807) is 5.57 Å². The minimum atomic E-state index is 0.0328. The molecule has 0 aromatic rings. The van der Waals surface area contributed by atoms with Crippen LogP contribution in [0.2, 0.25) is 0 Å². The summed E-state index contributed by atoms with van der Waals surface area (Å²) in [5, 5.41) is 0. The zero-order valence-electron chi connectivity index (χ0n) is 18.1. The highest BCUT2D eigenvalue weighted by Gasteiger charge is 2.52. The second-order valence-electron chi connectivity index (χ2n) is 11.3. The molecule has 3 nitrogen and oxygen atoms in total. The summed E-state index contributed by atoms with van der Waals surface area (Å²) >= 11 is 0. The molecule has 0 N–H and O–H groups in total. The van der Waals surface area contributed by atoms with Gasteiger partial charge in [-0.2, -0.15) is 0 Å². The largest absolute Gasteiger partial charge is 0.461 e. The number of allylic oxidation sites excluding steroid dienone is 1. The summed E-state index contributed by atoms with van der Waals surface area (Å²) in [5.74, 6) is 1.83. The summed E-state index contributed by atoms with van der Waals surface area (Å²) in [6.45, 7) is 15.0. The predicted octanol–water partition coefficient (Wildman–Crippen LogP) is 5.06. The first-order valence-electron chi connectivity index (χ1n) is 11.3. The molecule has 3 fully saturated rings. The highest BCUT2D eigenvalue weighted by atomic mass is 16.6. The summed E-state index contributed by atoms with van der Waals surface area (Å²) in [4.78, 5) is 15.4. The van der Waals surface area contributed by atoms with Gasteiger partial charge < -0.3 is 9.64 Å². The van der Waals surface area contributed by atoms with Crippen LogP contribution in [-0.2, 0) is 9.53 Å². The molecular formula is C24H39NO2. The third kappa shape index (κ3) is 3.73. The van der Waals surface area contributed by atoms with Gasteiger partial charge in [0, 0.05) is 19.0 Å². The summed E-state index contributed by atoms with van der Waals surface area (Å²) in [5.41, 5.74) is 2.22. The molecule has 2 heterocycles. The molecule has 4 aliphatic rings. The molecule has 0 spiro atoms. The lowest BCUT2D eigenvalue weighted by Crippen LogP contribution is -2.42. The first-order valence-corrected chi connectivity index (χ1v) is 11.3. The maximum Gasteiger partial charge on any atom is 0.311 e. The van der Waals surface area contributed by atoms with E-state index in [9.17, 15) is 4.79 Å². The Morgan fingerprint density at radius 2 is 1.96 bits per heavy atom.